The second kappa shape index (κ2) is 4.75. The number of aliphatic carboxylic acids is 1. The van der Waals surface area contributed by atoms with Gasteiger partial charge < -0.3 is 10.8 Å². The number of carbonyl (C=O) groups excluding carboxylic acids is 1. The molecule has 4 nitrogen and oxygen atoms in total. The van der Waals surface area contributed by atoms with E-state index >= 15 is 0 Å². The fourth-order valence-electron chi connectivity index (χ4n) is 1.47. The molecule has 5 heteroatoms. The molecule has 0 heterocycles. The van der Waals surface area contributed by atoms with Crippen LogP contribution in [-0.4, -0.2) is 17.0 Å². The third kappa shape index (κ3) is 3.20. The minimum absolute atomic E-state index is 0.183. The molecular weight excluding hydrogens is 242 g/mol. The fraction of sp³-hybridized carbons (Fsp3) is 0.333. The van der Waals surface area contributed by atoms with Crippen LogP contribution in [0.1, 0.15) is 29.8 Å². The van der Waals surface area contributed by atoms with Crippen LogP contribution < -0.4 is 5.73 Å². The molecule has 0 aliphatic heterocycles. The number of amides is 1. The SMILES string of the molecule is [2H]NC(=O)c1cc(Cl)ccc1CC(C)(C)C(=O)O. The van der Waals surface area contributed by atoms with Crippen LogP contribution in [0.4, 0.5) is 0 Å². The average Bonchev–Trinajstić information content (AvgIpc) is 2.30. The Morgan fingerprint density at radius 3 is 2.71 bits per heavy atom. The molecule has 0 spiro atoms. The van der Waals surface area contributed by atoms with Crippen LogP contribution in [0, 0.1) is 5.41 Å². The topological polar surface area (TPSA) is 80.4 Å². The first kappa shape index (κ1) is 11.9. The highest BCUT2D eigenvalue weighted by atomic mass is 35.5. The van der Waals surface area contributed by atoms with Crippen molar-refractivity contribution >= 4 is 23.5 Å². The van der Waals surface area contributed by atoms with Gasteiger partial charge in [-0.25, -0.2) is 0 Å². The van der Waals surface area contributed by atoms with Gasteiger partial charge >= 0.3 is 5.97 Å². The van der Waals surface area contributed by atoms with E-state index in [1.54, 1.807) is 31.7 Å². The Hall–Kier alpha value is -1.55. The van der Waals surface area contributed by atoms with E-state index in [0.717, 1.165) is 0 Å². The summed E-state index contributed by atoms with van der Waals surface area (Å²) >= 11 is 5.79. The maximum atomic E-state index is 11.5. The van der Waals surface area contributed by atoms with Gasteiger partial charge in [0.2, 0.25) is 5.91 Å². The quantitative estimate of drug-likeness (QED) is 0.866. The van der Waals surface area contributed by atoms with E-state index in [4.69, 9.17) is 18.1 Å². The van der Waals surface area contributed by atoms with Gasteiger partial charge in [0.25, 0.3) is 0 Å². The highest BCUT2D eigenvalue weighted by Gasteiger charge is 2.28. The van der Waals surface area contributed by atoms with Crippen LogP contribution in [0.5, 0.6) is 0 Å². The van der Waals surface area contributed by atoms with Crippen LogP contribution in [-0.2, 0) is 11.2 Å². The Kier molecular flexibility index (Phi) is 3.33. The van der Waals surface area contributed by atoms with Gasteiger partial charge in [-0.15, -0.1) is 0 Å². The number of rotatable bonds is 4. The second-order valence-electron chi connectivity index (χ2n) is 4.50. The van der Waals surface area contributed by atoms with Crippen molar-refractivity contribution in [1.29, 1.82) is 0 Å². The Morgan fingerprint density at radius 1 is 1.53 bits per heavy atom. The molecule has 0 radical (unpaired) electrons. The van der Waals surface area contributed by atoms with Crippen LogP contribution >= 0.6 is 11.6 Å². The molecular formula is C12H14ClNO3. The number of carboxylic acid groups (broad SMARTS) is 1. The zero-order valence-electron chi connectivity index (χ0n) is 10.6. The van der Waals surface area contributed by atoms with Gasteiger partial charge in [0.1, 0.15) is 0 Å². The molecule has 0 atom stereocenters. The first-order chi connectivity index (χ1) is 8.27. The van der Waals surface area contributed by atoms with Crippen LogP contribution in [0.15, 0.2) is 18.2 Å². The summed E-state index contributed by atoms with van der Waals surface area (Å²) in [4.78, 5) is 22.6. The summed E-state index contributed by atoms with van der Waals surface area (Å²) in [6.45, 7) is 3.15. The molecule has 0 aliphatic carbocycles. The van der Waals surface area contributed by atoms with Crippen molar-refractivity contribution in [3.05, 3.63) is 34.3 Å². The predicted octanol–water partition coefficient (Wildman–Crippen LogP) is 2.09. The number of halogens is 1. The summed E-state index contributed by atoms with van der Waals surface area (Å²) in [5, 5.41) is 9.45. The minimum atomic E-state index is -0.995. The Morgan fingerprint density at radius 2 is 2.18 bits per heavy atom. The van der Waals surface area contributed by atoms with Crippen molar-refractivity contribution in [2.24, 2.45) is 11.1 Å². The van der Waals surface area contributed by atoms with Crippen LogP contribution in [0.25, 0.3) is 0 Å². The molecule has 0 saturated heterocycles. The molecule has 1 aromatic rings. The summed E-state index contributed by atoms with van der Waals surface area (Å²) in [5.41, 5.74) is 1.55. The number of benzene rings is 1. The molecule has 0 bridgehead atoms. The lowest BCUT2D eigenvalue weighted by Gasteiger charge is -2.20. The van der Waals surface area contributed by atoms with Crippen molar-refractivity contribution < 1.29 is 16.1 Å². The number of primary amides is 1. The molecule has 1 amide bonds. The molecule has 17 heavy (non-hydrogen) atoms. The van der Waals surface area contributed by atoms with E-state index in [0.29, 0.717) is 10.6 Å². The molecule has 92 valence electrons. The van der Waals surface area contributed by atoms with E-state index in [-0.39, 0.29) is 12.0 Å². The molecule has 3 N–H and O–H groups in total. The summed E-state index contributed by atoms with van der Waals surface area (Å²) in [6.07, 6.45) is 0.183. The number of hydrogen-bond acceptors (Lipinski definition) is 2. The highest BCUT2D eigenvalue weighted by Crippen LogP contribution is 2.25. The molecule has 0 saturated carbocycles. The maximum Gasteiger partial charge on any atom is 0.309 e. The maximum absolute atomic E-state index is 11.5. The van der Waals surface area contributed by atoms with Crippen LogP contribution in [0.3, 0.4) is 0 Å². The van der Waals surface area contributed by atoms with Crippen molar-refractivity contribution in [3.63, 3.8) is 0 Å². The van der Waals surface area contributed by atoms with Gasteiger partial charge in [0.15, 0.2) is 1.41 Å². The van der Waals surface area contributed by atoms with Gasteiger partial charge in [-0.2, -0.15) is 0 Å². The normalized spacial score (nSPS) is 11.8. The lowest BCUT2D eigenvalue weighted by molar-refractivity contribution is -0.146. The summed E-state index contributed by atoms with van der Waals surface area (Å²) < 4.78 is 6.87. The number of hydrogen-bond donors (Lipinski definition) is 2. The van der Waals surface area contributed by atoms with Crippen molar-refractivity contribution in [3.8, 4) is 0 Å². The average molecular weight is 257 g/mol. The minimum Gasteiger partial charge on any atom is -0.481 e. The summed E-state index contributed by atoms with van der Waals surface area (Å²) in [6, 6.07) is 4.63. The monoisotopic (exact) mass is 256 g/mol. The zero-order valence-corrected chi connectivity index (χ0v) is 10.3. The van der Waals surface area contributed by atoms with Gasteiger partial charge in [-0.3, -0.25) is 9.59 Å². The van der Waals surface area contributed by atoms with E-state index in [9.17, 15) is 9.59 Å². The zero-order chi connectivity index (χ0) is 13.9. The Bertz CT molecular complexity index is 488. The Labute approximate surface area is 106 Å². The fourth-order valence-corrected chi connectivity index (χ4v) is 1.64. The van der Waals surface area contributed by atoms with Crippen molar-refractivity contribution in [2.75, 3.05) is 0 Å². The van der Waals surface area contributed by atoms with E-state index in [1.165, 1.54) is 6.07 Å². The predicted molar refractivity (Wildman–Crippen MR) is 65.1 cm³/mol. The third-order valence-corrected chi connectivity index (χ3v) is 2.76. The molecule has 0 fully saturated rings. The smallest absolute Gasteiger partial charge is 0.309 e. The Balaban J connectivity index is 3.17. The highest BCUT2D eigenvalue weighted by molar-refractivity contribution is 6.31. The van der Waals surface area contributed by atoms with Gasteiger partial charge in [-0.05, 0) is 38.0 Å². The van der Waals surface area contributed by atoms with Gasteiger partial charge in [0.05, 0.1) is 5.41 Å². The first-order valence-electron chi connectivity index (χ1n) is 5.52. The number of carbonyl (C=O) groups is 2. The molecule has 0 aromatic heterocycles. The van der Waals surface area contributed by atoms with Gasteiger partial charge in [-0.1, -0.05) is 17.7 Å². The number of nitrogens with two attached hydrogens (primary N) is 1. The van der Waals surface area contributed by atoms with Crippen molar-refractivity contribution in [1.82, 2.24) is 0 Å². The lowest BCUT2D eigenvalue weighted by atomic mass is 9.84. The van der Waals surface area contributed by atoms with Crippen molar-refractivity contribution in [2.45, 2.75) is 20.3 Å². The van der Waals surface area contributed by atoms with Crippen LogP contribution in [0.2, 0.25) is 6.43 Å². The third-order valence-electron chi connectivity index (χ3n) is 2.53. The largest absolute Gasteiger partial charge is 0.481 e. The second-order valence-corrected chi connectivity index (χ2v) is 4.93. The molecule has 1 rings (SSSR count). The first-order valence-corrected chi connectivity index (χ1v) is 5.39. The lowest BCUT2D eigenvalue weighted by Crippen LogP contribution is -2.27. The van der Waals surface area contributed by atoms with E-state index < -0.39 is 17.3 Å². The van der Waals surface area contributed by atoms with Gasteiger partial charge in [0, 0.05) is 10.6 Å². The molecule has 0 aliphatic rings. The standard InChI is InChI=1S/C12H14ClNO3/c1-12(2,11(16)17)6-7-3-4-8(13)5-9(7)10(14)15/h3-5H,6H2,1-2H3,(H2,14,15)(H,16,17)/i/hD. The molecule has 1 aromatic carbocycles. The molecule has 0 unspecified atom stereocenters. The number of carboxylic acids is 1. The summed E-state index contributed by atoms with van der Waals surface area (Å²) in [7, 11) is 0. The van der Waals surface area contributed by atoms with E-state index in [2.05, 4.69) is 0 Å². The van der Waals surface area contributed by atoms with E-state index in [1.807, 2.05) is 0 Å². The summed E-state index contributed by atoms with van der Waals surface area (Å²) in [5.74, 6) is -1.55.